The first-order chi connectivity index (χ1) is 14.5. The van der Waals surface area contributed by atoms with Crippen LogP contribution in [0.3, 0.4) is 0 Å². The first-order valence-corrected chi connectivity index (χ1v) is 11.5. The maximum Gasteiger partial charge on any atom is 0.223 e. The molecule has 7 heteroatoms. The Morgan fingerprint density at radius 1 is 1.00 bits per heavy atom. The van der Waals surface area contributed by atoms with Gasteiger partial charge >= 0.3 is 0 Å². The van der Waals surface area contributed by atoms with E-state index in [2.05, 4.69) is 5.32 Å². The quantitative estimate of drug-likeness (QED) is 0.538. The number of nitrogens with one attached hydrogen (secondary N) is 1. The van der Waals surface area contributed by atoms with Crippen molar-refractivity contribution in [1.82, 2.24) is 5.32 Å². The molecule has 1 saturated carbocycles. The van der Waals surface area contributed by atoms with Gasteiger partial charge in [0.15, 0.2) is 0 Å². The maximum absolute atomic E-state index is 12.6. The molecule has 0 aromatic heterocycles. The SMILES string of the molecule is O=C(NCC1=NN(c2ccc(Cl)cc2Cl)C(c2ccc(Cl)cc2)C1)C1CCCCC1. The lowest BCUT2D eigenvalue weighted by atomic mass is 9.88. The molecule has 1 fully saturated rings. The molecule has 2 aromatic rings. The number of nitrogens with zero attached hydrogens (tertiary/aromatic N) is 2. The van der Waals surface area contributed by atoms with Crippen LogP contribution in [0.5, 0.6) is 0 Å². The van der Waals surface area contributed by atoms with E-state index in [-0.39, 0.29) is 17.9 Å². The van der Waals surface area contributed by atoms with Crippen LogP contribution in [0.15, 0.2) is 47.6 Å². The topological polar surface area (TPSA) is 44.7 Å². The summed E-state index contributed by atoms with van der Waals surface area (Å²) >= 11 is 18.6. The largest absolute Gasteiger partial charge is 0.350 e. The monoisotopic (exact) mass is 463 g/mol. The molecule has 0 radical (unpaired) electrons. The second kappa shape index (κ2) is 9.59. The predicted octanol–water partition coefficient (Wildman–Crippen LogP) is 6.65. The van der Waals surface area contributed by atoms with Crippen LogP contribution in [0.25, 0.3) is 0 Å². The van der Waals surface area contributed by atoms with E-state index in [0.29, 0.717) is 28.0 Å². The first kappa shape index (κ1) is 21.5. The summed E-state index contributed by atoms with van der Waals surface area (Å²) in [5, 5.41) is 11.6. The van der Waals surface area contributed by atoms with E-state index in [4.69, 9.17) is 39.9 Å². The lowest BCUT2D eigenvalue weighted by Gasteiger charge is -2.25. The van der Waals surface area contributed by atoms with Crippen LogP contribution in [-0.2, 0) is 4.79 Å². The fraction of sp³-hybridized carbons (Fsp3) is 0.391. The minimum atomic E-state index is -0.0254. The molecule has 0 spiro atoms. The van der Waals surface area contributed by atoms with Gasteiger partial charge in [0.05, 0.1) is 29.0 Å². The molecule has 1 aliphatic carbocycles. The summed E-state index contributed by atoms with van der Waals surface area (Å²) in [5.74, 6) is 0.276. The van der Waals surface area contributed by atoms with Gasteiger partial charge in [-0.1, -0.05) is 66.2 Å². The number of amides is 1. The summed E-state index contributed by atoms with van der Waals surface area (Å²) in [6, 6.07) is 13.1. The van der Waals surface area contributed by atoms with Crippen molar-refractivity contribution in [3.8, 4) is 0 Å². The molecule has 2 aromatic carbocycles. The van der Waals surface area contributed by atoms with Gasteiger partial charge in [0.2, 0.25) is 5.91 Å². The Labute approximate surface area is 192 Å². The number of hydrazone groups is 1. The van der Waals surface area contributed by atoms with Crippen LogP contribution >= 0.6 is 34.8 Å². The fourth-order valence-corrected chi connectivity index (χ4v) is 4.83. The van der Waals surface area contributed by atoms with E-state index >= 15 is 0 Å². The Morgan fingerprint density at radius 2 is 1.70 bits per heavy atom. The molecular weight excluding hydrogens is 441 g/mol. The lowest BCUT2D eigenvalue weighted by molar-refractivity contribution is -0.125. The van der Waals surface area contributed by atoms with Crippen molar-refractivity contribution in [1.29, 1.82) is 0 Å². The Hall–Kier alpha value is -1.75. The standard InChI is InChI=1S/C23H24Cl3N3O/c24-17-8-6-15(7-9-17)22-13-19(14-27-23(30)16-4-2-1-3-5-16)28-29(22)21-11-10-18(25)12-20(21)26/h6-12,16,22H,1-5,13-14H2,(H,27,30). The summed E-state index contributed by atoms with van der Waals surface area (Å²) < 4.78 is 0. The summed E-state index contributed by atoms with van der Waals surface area (Å²) in [4.78, 5) is 12.6. The third-order valence-corrected chi connectivity index (χ3v) is 6.62. The van der Waals surface area contributed by atoms with Gasteiger partial charge < -0.3 is 5.32 Å². The van der Waals surface area contributed by atoms with Gasteiger partial charge in [0.25, 0.3) is 0 Å². The van der Waals surface area contributed by atoms with Gasteiger partial charge in [-0.15, -0.1) is 0 Å². The summed E-state index contributed by atoms with van der Waals surface area (Å²) in [6.07, 6.45) is 6.18. The molecule has 1 atom stereocenters. The van der Waals surface area contributed by atoms with E-state index in [1.165, 1.54) is 6.42 Å². The number of halogens is 3. The van der Waals surface area contributed by atoms with Crippen LogP contribution in [-0.4, -0.2) is 18.2 Å². The molecular formula is C23H24Cl3N3O. The van der Waals surface area contributed by atoms with Crippen molar-refractivity contribution >= 4 is 52.1 Å². The van der Waals surface area contributed by atoms with Crippen molar-refractivity contribution in [2.45, 2.75) is 44.6 Å². The Morgan fingerprint density at radius 3 is 2.40 bits per heavy atom. The van der Waals surface area contributed by atoms with E-state index < -0.39 is 0 Å². The van der Waals surface area contributed by atoms with Gasteiger partial charge in [0.1, 0.15) is 0 Å². The number of carbonyl (C=O) groups excluding carboxylic acids is 1. The van der Waals surface area contributed by atoms with Crippen molar-refractivity contribution in [2.75, 3.05) is 11.6 Å². The van der Waals surface area contributed by atoms with Crippen LogP contribution < -0.4 is 10.3 Å². The molecule has 1 amide bonds. The average Bonchev–Trinajstić information content (AvgIpc) is 3.17. The van der Waals surface area contributed by atoms with E-state index in [1.54, 1.807) is 12.1 Å². The average molecular weight is 465 g/mol. The van der Waals surface area contributed by atoms with Crippen molar-refractivity contribution in [3.63, 3.8) is 0 Å². The van der Waals surface area contributed by atoms with Gasteiger partial charge in [-0.2, -0.15) is 5.10 Å². The molecule has 1 aliphatic heterocycles. The summed E-state index contributed by atoms with van der Waals surface area (Å²) in [7, 11) is 0. The van der Waals surface area contributed by atoms with Gasteiger partial charge in [0, 0.05) is 22.4 Å². The molecule has 4 nitrogen and oxygen atoms in total. The van der Waals surface area contributed by atoms with Crippen LogP contribution in [0.1, 0.15) is 50.1 Å². The third kappa shape index (κ3) is 4.93. The van der Waals surface area contributed by atoms with E-state index in [1.807, 2.05) is 35.3 Å². The maximum atomic E-state index is 12.6. The zero-order chi connectivity index (χ0) is 21.1. The van der Waals surface area contributed by atoms with Crippen LogP contribution in [0.4, 0.5) is 5.69 Å². The van der Waals surface area contributed by atoms with E-state index in [0.717, 1.165) is 42.6 Å². The number of benzene rings is 2. The van der Waals surface area contributed by atoms with Crippen molar-refractivity contribution < 1.29 is 4.79 Å². The lowest BCUT2D eigenvalue weighted by Crippen LogP contribution is -2.35. The summed E-state index contributed by atoms with van der Waals surface area (Å²) in [6.45, 7) is 0.446. The minimum absolute atomic E-state index is 0.0254. The highest BCUT2D eigenvalue weighted by Crippen LogP contribution is 2.39. The Balaban J connectivity index is 1.54. The second-order valence-corrected chi connectivity index (χ2v) is 9.21. The molecule has 30 heavy (non-hydrogen) atoms. The number of hydrogen-bond donors (Lipinski definition) is 1. The van der Waals surface area contributed by atoms with Gasteiger partial charge in [-0.05, 0) is 48.7 Å². The molecule has 2 aliphatic rings. The predicted molar refractivity (Wildman–Crippen MR) is 125 cm³/mol. The molecule has 158 valence electrons. The second-order valence-electron chi connectivity index (χ2n) is 7.93. The van der Waals surface area contributed by atoms with Gasteiger partial charge in [-0.25, -0.2) is 0 Å². The van der Waals surface area contributed by atoms with Crippen molar-refractivity contribution in [2.24, 2.45) is 11.0 Å². The Kier molecular flexibility index (Phi) is 6.87. The summed E-state index contributed by atoms with van der Waals surface area (Å²) in [5.41, 5.74) is 2.79. The fourth-order valence-electron chi connectivity index (χ4n) is 4.21. The smallest absolute Gasteiger partial charge is 0.223 e. The first-order valence-electron chi connectivity index (χ1n) is 10.3. The van der Waals surface area contributed by atoms with Crippen molar-refractivity contribution in [3.05, 3.63) is 63.1 Å². The molecule has 0 bridgehead atoms. The van der Waals surface area contributed by atoms with Crippen LogP contribution in [0, 0.1) is 5.92 Å². The molecule has 1 N–H and O–H groups in total. The molecule has 1 heterocycles. The number of rotatable bonds is 5. The van der Waals surface area contributed by atoms with Crippen LogP contribution in [0.2, 0.25) is 15.1 Å². The number of anilines is 1. The Bertz CT molecular complexity index is 939. The van der Waals surface area contributed by atoms with Gasteiger partial charge in [-0.3, -0.25) is 9.80 Å². The molecule has 0 saturated heterocycles. The zero-order valence-corrected chi connectivity index (χ0v) is 18.9. The highest BCUT2D eigenvalue weighted by Gasteiger charge is 2.31. The highest BCUT2D eigenvalue weighted by molar-refractivity contribution is 6.36. The minimum Gasteiger partial charge on any atom is -0.350 e. The number of carbonyl (C=O) groups is 1. The highest BCUT2D eigenvalue weighted by atomic mass is 35.5. The third-order valence-electron chi connectivity index (χ3n) is 5.83. The van der Waals surface area contributed by atoms with E-state index in [9.17, 15) is 4.79 Å². The number of hydrogen-bond acceptors (Lipinski definition) is 3. The normalized spacial score (nSPS) is 19.6. The molecule has 4 rings (SSSR count). The molecule has 1 unspecified atom stereocenters. The zero-order valence-electron chi connectivity index (χ0n) is 16.6.